The number of hydrogen-bond acceptors (Lipinski definition) is 7. The van der Waals surface area contributed by atoms with E-state index in [0.29, 0.717) is 35.3 Å². The van der Waals surface area contributed by atoms with Gasteiger partial charge in [-0.05, 0) is 54.2 Å². The first-order chi connectivity index (χ1) is 20.8. The minimum absolute atomic E-state index is 0.0194. The highest BCUT2D eigenvalue weighted by Gasteiger charge is 2.39. The van der Waals surface area contributed by atoms with Gasteiger partial charge in [-0.25, -0.2) is 14.0 Å². The van der Waals surface area contributed by atoms with Crippen LogP contribution in [0.2, 0.25) is 0 Å². The first-order valence-electron chi connectivity index (χ1n) is 15.1. The molecule has 1 saturated heterocycles. The Morgan fingerprint density at radius 2 is 1.58 bits per heavy atom. The molecule has 0 radical (unpaired) electrons. The van der Waals surface area contributed by atoms with Crippen LogP contribution in [0.15, 0.2) is 61.7 Å². The van der Waals surface area contributed by atoms with Crippen molar-refractivity contribution in [2.75, 3.05) is 19.8 Å². The van der Waals surface area contributed by atoms with E-state index in [1.807, 2.05) is 18.2 Å². The van der Waals surface area contributed by atoms with Gasteiger partial charge in [0, 0.05) is 24.1 Å². The van der Waals surface area contributed by atoms with Crippen LogP contribution in [-0.4, -0.2) is 37.7 Å². The van der Waals surface area contributed by atoms with E-state index in [4.69, 9.17) is 18.9 Å². The fourth-order valence-corrected chi connectivity index (χ4v) is 4.95. The third-order valence-electron chi connectivity index (χ3n) is 7.65. The molecule has 1 heterocycles. The Balaban J connectivity index is 1.74. The summed E-state index contributed by atoms with van der Waals surface area (Å²) in [5.74, 6) is -1.32. The summed E-state index contributed by atoms with van der Waals surface area (Å²) >= 11 is 0. The maximum Gasteiger partial charge on any atom is 0.330 e. The van der Waals surface area contributed by atoms with Gasteiger partial charge in [-0.15, -0.1) is 0 Å². The predicted octanol–water partition coefficient (Wildman–Crippen LogP) is 7.45. The third-order valence-corrected chi connectivity index (χ3v) is 7.65. The van der Waals surface area contributed by atoms with Gasteiger partial charge in [-0.2, -0.15) is 0 Å². The monoisotopic (exact) mass is 594 g/mol. The first kappa shape index (κ1) is 33.6. The Hall–Kier alpha value is -3.94. The first-order valence-corrected chi connectivity index (χ1v) is 15.1. The van der Waals surface area contributed by atoms with E-state index in [2.05, 4.69) is 20.1 Å². The second-order valence-electron chi connectivity index (χ2n) is 11.1. The Bertz CT molecular complexity index is 1260. The predicted molar refractivity (Wildman–Crippen MR) is 163 cm³/mol. The van der Waals surface area contributed by atoms with Crippen LogP contribution in [0, 0.1) is 11.2 Å². The number of ether oxygens (including phenoxy) is 4. The molecule has 0 amide bonds. The van der Waals surface area contributed by atoms with Crippen LogP contribution in [0.5, 0.6) is 5.75 Å². The minimum atomic E-state index is -0.755. The second kappa shape index (κ2) is 17.2. The van der Waals surface area contributed by atoms with Crippen molar-refractivity contribution in [3.63, 3.8) is 0 Å². The lowest BCUT2D eigenvalue weighted by atomic mass is 9.84. The summed E-state index contributed by atoms with van der Waals surface area (Å²) in [5, 5.41) is 0. The molecule has 1 aliphatic rings. The lowest BCUT2D eigenvalue weighted by Gasteiger charge is -2.35. The summed E-state index contributed by atoms with van der Waals surface area (Å²) in [6.07, 6.45) is 11.6. The molecule has 0 aromatic heterocycles. The van der Waals surface area contributed by atoms with Gasteiger partial charge < -0.3 is 18.9 Å². The number of unbranched alkanes of at least 4 members (excludes halogenated alkanes) is 6. The summed E-state index contributed by atoms with van der Waals surface area (Å²) in [6, 6.07) is 10.6. The molecule has 1 atom stereocenters. The van der Waals surface area contributed by atoms with Crippen LogP contribution in [-0.2, 0) is 41.6 Å². The van der Waals surface area contributed by atoms with Crippen LogP contribution in [0.4, 0.5) is 4.39 Å². The number of carbonyl (C=O) groups is 3. The Morgan fingerprint density at radius 3 is 2.26 bits per heavy atom. The molecule has 8 heteroatoms. The molecule has 0 bridgehead atoms. The molecule has 1 unspecified atom stereocenters. The number of carbonyl (C=O) groups excluding carboxylic acids is 3. The molecule has 1 aliphatic heterocycles. The normalized spacial score (nSPS) is 16.2. The summed E-state index contributed by atoms with van der Waals surface area (Å²) in [4.78, 5) is 35.3. The van der Waals surface area contributed by atoms with Gasteiger partial charge in [0.05, 0.1) is 5.41 Å². The SMILES string of the molecule is C=CC(=O)OCc1cc(-c2ccc(CCCCCCCCC)c(F)c2)ccc1OCC1(COC(=O)C=C)CCC(=O)OC1. The molecular weight excluding hydrogens is 551 g/mol. The van der Waals surface area contributed by atoms with Crippen molar-refractivity contribution < 1.29 is 37.7 Å². The molecule has 232 valence electrons. The molecule has 0 spiro atoms. The smallest absolute Gasteiger partial charge is 0.330 e. The molecule has 1 fully saturated rings. The van der Waals surface area contributed by atoms with Crippen LogP contribution < -0.4 is 4.74 Å². The van der Waals surface area contributed by atoms with E-state index in [-0.39, 0.29) is 44.6 Å². The van der Waals surface area contributed by atoms with Crippen molar-refractivity contribution in [1.82, 2.24) is 0 Å². The van der Waals surface area contributed by atoms with Gasteiger partial charge >= 0.3 is 17.9 Å². The molecular formula is C35H43FO7. The summed E-state index contributed by atoms with van der Waals surface area (Å²) in [6.45, 7) is 9.04. The summed E-state index contributed by atoms with van der Waals surface area (Å²) in [5.41, 5.74) is 1.93. The standard InChI is InChI=1S/C35H43FO7/c1-4-7-8-9-10-11-12-13-26-14-15-28(21-30(26)36)27-16-17-31(29(20-27)22-40-32(37)5-2)41-23-35(24-42-33(38)6-3)19-18-34(39)43-25-35/h5-6,14-17,20-21H,2-4,7-13,18-19,22-25H2,1H3. The number of benzene rings is 2. The zero-order valence-electron chi connectivity index (χ0n) is 25.2. The van der Waals surface area contributed by atoms with Crippen molar-refractivity contribution in [3.05, 3.63) is 78.7 Å². The highest BCUT2D eigenvalue weighted by atomic mass is 19.1. The van der Waals surface area contributed by atoms with Crippen LogP contribution in [0.3, 0.4) is 0 Å². The fraction of sp³-hybridized carbons (Fsp3) is 0.457. The Morgan fingerprint density at radius 1 is 0.907 bits per heavy atom. The average Bonchev–Trinajstić information content (AvgIpc) is 3.03. The zero-order chi connectivity index (χ0) is 31.1. The lowest BCUT2D eigenvalue weighted by Crippen LogP contribution is -2.43. The van der Waals surface area contributed by atoms with Crippen LogP contribution >= 0.6 is 0 Å². The molecule has 3 rings (SSSR count). The van der Waals surface area contributed by atoms with Gasteiger partial charge in [-0.1, -0.05) is 76.8 Å². The van der Waals surface area contributed by atoms with E-state index < -0.39 is 17.4 Å². The van der Waals surface area contributed by atoms with Crippen LogP contribution in [0.1, 0.15) is 75.8 Å². The topological polar surface area (TPSA) is 88.1 Å². The van der Waals surface area contributed by atoms with Gasteiger partial charge in [0.25, 0.3) is 0 Å². The maximum atomic E-state index is 15.1. The number of hydrogen-bond donors (Lipinski definition) is 0. The van der Waals surface area contributed by atoms with E-state index in [0.717, 1.165) is 30.6 Å². The number of halogens is 1. The van der Waals surface area contributed by atoms with Gasteiger partial charge in [-0.3, -0.25) is 4.79 Å². The highest BCUT2D eigenvalue weighted by molar-refractivity contribution is 5.81. The van der Waals surface area contributed by atoms with Gasteiger partial charge in [0.1, 0.15) is 38.0 Å². The van der Waals surface area contributed by atoms with Crippen molar-refractivity contribution in [3.8, 4) is 16.9 Å². The highest BCUT2D eigenvalue weighted by Crippen LogP contribution is 2.34. The Kier molecular flexibility index (Phi) is 13.5. The molecule has 43 heavy (non-hydrogen) atoms. The largest absolute Gasteiger partial charge is 0.492 e. The molecule has 7 nitrogen and oxygen atoms in total. The van der Waals surface area contributed by atoms with Crippen molar-refractivity contribution in [2.45, 2.75) is 77.7 Å². The van der Waals surface area contributed by atoms with Crippen molar-refractivity contribution in [1.29, 1.82) is 0 Å². The fourth-order valence-electron chi connectivity index (χ4n) is 4.95. The van der Waals surface area contributed by atoms with Gasteiger partial charge in [0.2, 0.25) is 0 Å². The molecule has 2 aromatic carbocycles. The summed E-state index contributed by atoms with van der Waals surface area (Å²) < 4.78 is 37.1. The van der Waals surface area contributed by atoms with E-state index in [1.54, 1.807) is 12.1 Å². The molecule has 0 N–H and O–H groups in total. The average molecular weight is 595 g/mol. The number of cyclic esters (lactones) is 1. The van der Waals surface area contributed by atoms with Crippen molar-refractivity contribution in [2.24, 2.45) is 5.41 Å². The van der Waals surface area contributed by atoms with Crippen LogP contribution in [0.25, 0.3) is 11.1 Å². The minimum Gasteiger partial charge on any atom is -0.492 e. The quantitative estimate of drug-likeness (QED) is 0.0767. The zero-order valence-corrected chi connectivity index (χ0v) is 25.2. The number of esters is 3. The van der Waals surface area contributed by atoms with E-state index in [9.17, 15) is 14.4 Å². The second-order valence-corrected chi connectivity index (χ2v) is 11.1. The lowest BCUT2D eigenvalue weighted by molar-refractivity contribution is -0.162. The molecule has 2 aromatic rings. The maximum absolute atomic E-state index is 15.1. The molecule has 0 aliphatic carbocycles. The number of rotatable bonds is 18. The Labute approximate surface area is 254 Å². The molecule has 0 saturated carbocycles. The van der Waals surface area contributed by atoms with E-state index in [1.165, 1.54) is 38.2 Å². The number of aryl methyl sites for hydroxylation is 1. The summed E-state index contributed by atoms with van der Waals surface area (Å²) in [7, 11) is 0. The third kappa shape index (κ3) is 10.7. The van der Waals surface area contributed by atoms with Gasteiger partial charge in [0.15, 0.2) is 0 Å². The van der Waals surface area contributed by atoms with E-state index >= 15 is 4.39 Å². The van der Waals surface area contributed by atoms with Crippen molar-refractivity contribution >= 4 is 17.9 Å².